The summed E-state index contributed by atoms with van der Waals surface area (Å²) >= 11 is 0. The molecule has 1 fully saturated rings. The van der Waals surface area contributed by atoms with Crippen LogP contribution in [0.15, 0.2) is 12.3 Å². The van der Waals surface area contributed by atoms with Crippen LogP contribution in [-0.2, 0) is 9.59 Å². The Morgan fingerprint density at radius 3 is 2.50 bits per heavy atom. The molecule has 0 atom stereocenters. The van der Waals surface area contributed by atoms with Gasteiger partial charge in [0.15, 0.2) is 5.78 Å². The van der Waals surface area contributed by atoms with E-state index in [0.29, 0.717) is 19.5 Å². The summed E-state index contributed by atoms with van der Waals surface area (Å²) in [6.07, 6.45) is 4.24. The summed E-state index contributed by atoms with van der Waals surface area (Å²) < 4.78 is 0. The Labute approximate surface area is 120 Å². The summed E-state index contributed by atoms with van der Waals surface area (Å²) in [6, 6.07) is 0. The number of hydrazine groups is 1. The van der Waals surface area contributed by atoms with Crippen molar-refractivity contribution in [3.63, 3.8) is 0 Å². The Morgan fingerprint density at radius 1 is 1.25 bits per heavy atom. The summed E-state index contributed by atoms with van der Waals surface area (Å²) in [5, 5.41) is 5.38. The monoisotopic (exact) mass is 280 g/mol. The smallest absolute Gasteiger partial charge is 0.241 e. The minimum absolute atomic E-state index is 0.0640. The molecule has 0 aliphatic carbocycles. The number of nitrogens with one attached hydrogen (secondary N) is 2. The highest BCUT2D eigenvalue weighted by atomic mass is 16.2. The molecule has 2 aliphatic heterocycles. The van der Waals surface area contributed by atoms with E-state index in [2.05, 4.69) is 15.8 Å². The highest BCUT2D eigenvalue weighted by Crippen LogP contribution is 2.33. The zero-order valence-corrected chi connectivity index (χ0v) is 12.3. The number of piperazine rings is 1. The molecule has 0 aromatic heterocycles. The van der Waals surface area contributed by atoms with Gasteiger partial charge in [-0.3, -0.25) is 9.59 Å². The first-order valence-electron chi connectivity index (χ1n) is 7.37. The van der Waals surface area contributed by atoms with Crippen LogP contribution in [0.2, 0.25) is 0 Å². The summed E-state index contributed by atoms with van der Waals surface area (Å²) in [5.74, 6) is -0.149. The van der Waals surface area contributed by atoms with Crippen molar-refractivity contribution in [2.75, 3.05) is 32.8 Å². The molecular weight excluding hydrogens is 256 g/mol. The molecule has 0 aromatic carbocycles. The van der Waals surface area contributed by atoms with Crippen molar-refractivity contribution in [3.8, 4) is 0 Å². The molecule has 20 heavy (non-hydrogen) atoms. The Bertz CT molecular complexity index is 398. The third-order valence-electron chi connectivity index (χ3n) is 4.34. The molecule has 1 saturated heterocycles. The third kappa shape index (κ3) is 2.77. The van der Waals surface area contributed by atoms with Crippen LogP contribution in [0, 0.1) is 5.41 Å². The first-order chi connectivity index (χ1) is 9.64. The van der Waals surface area contributed by atoms with Crippen LogP contribution < -0.4 is 10.7 Å². The second-order valence-electron chi connectivity index (χ2n) is 5.30. The van der Waals surface area contributed by atoms with Gasteiger partial charge in [0.1, 0.15) is 5.41 Å². The topological polar surface area (TPSA) is 64.7 Å². The van der Waals surface area contributed by atoms with Gasteiger partial charge in [-0.25, -0.2) is 10.4 Å². The quantitative estimate of drug-likeness (QED) is 0.699. The van der Waals surface area contributed by atoms with Crippen molar-refractivity contribution in [2.45, 2.75) is 26.7 Å². The van der Waals surface area contributed by atoms with Crippen molar-refractivity contribution < 1.29 is 9.59 Å². The minimum atomic E-state index is -0.861. The number of allylic oxidation sites excluding steroid dienone is 1. The summed E-state index contributed by atoms with van der Waals surface area (Å²) in [6.45, 7) is 7.95. The minimum Gasteiger partial charge on any atom is -0.314 e. The average molecular weight is 280 g/mol. The predicted molar refractivity (Wildman–Crippen MR) is 76.5 cm³/mol. The molecule has 6 nitrogen and oxygen atoms in total. The van der Waals surface area contributed by atoms with Crippen molar-refractivity contribution in [1.29, 1.82) is 0 Å². The SMILES string of the molecule is CCC1(CC)C(=O)C=CN(CNN2CCNCC2)C1=O. The van der Waals surface area contributed by atoms with Gasteiger partial charge in [-0.15, -0.1) is 0 Å². The maximum absolute atomic E-state index is 12.6. The van der Waals surface area contributed by atoms with Crippen LogP contribution in [0.1, 0.15) is 26.7 Å². The van der Waals surface area contributed by atoms with Gasteiger partial charge < -0.3 is 10.2 Å². The molecular formula is C14H24N4O2. The molecule has 0 bridgehead atoms. The van der Waals surface area contributed by atoms with E-state index in [1.54, 1.807) is 11.1 Å². The Hall–Kier alpha value is -1.24. The molecule has 0 saturated carbocycles. The Morgan fingerprint density at radius 2 is 1.90 bits per heavy atom. The second-order valence-corrected chi connectivity index (χ2v) is 5.30. The van der Waals surface area contributed by atoms with E-state index in [1.807, 2.05) is 13.8 Å². The number of nitrogens with zero attached hydrogens (tertiary/aromatic N) is 2. The van der Waals surface area contributed by atoms with E-state index in [0.717, 1.165) is 26.2 Å². The number of hydrogen-bond acceptors (Lipinski definition) is 5. The molecule has 6 heteroatoms. The maximum Gasteiger partial charge on any atom is 0.241 e. The fourth-order valence-electron chi connectivity index (χ4n) is 2.79. The second kappa shape index (κ2) is 6.47. The number of carbonyl (C=O) groups excluding carboxylic acids is 2. The lowest BCUT2D eigenvalue weighted by molar-refractivity contribution is -0.148. The molecule has 2 N–H and O–H groups in total. The zero-order valence-electron chi connectivity index (χ0n) is 12.3. The Kier molecular flexibility index (Phi) is 4.91. The lowest BCUT2D eigenvalue weighted by Crippen LogP contribution is -2.56. The lowest BCUT2D eigenvalue weighted by Gasteiger charge is -2.37. The van der Waals surface area contributed by atoms with Crippen molar-refractivity contribution in [2.24, 2.45) is 5.41 Å². The van der Waals surface area contributed by atoms with Gasteiger partial charge in [-0.05, 0) is 18.9 Å². The normalized spacial score (nSPS) is 23.4. The van der Waals surface area contributed by atoms with Crippen LogP contribution in [0.3, 0.4) is 0 Å². The number of amides is 1. The van der Waals surface area contributed by atoms with Gasteiger partial charge >= 0.3 is 0 Å². The van der Waals surface area contributed by atoms with Gasteiger partial charge in [0.05, 0.1) is 6.67 Å². The van der Waals surface area contributed by atoms with Crippen LogP contribution >= 0.6 is 0 Å². The number of carbonyl (C=O) groups is 2. The summed E-state index contributed by atoms with van der Waals surface area (Å²) in [5.41, 5.74) is 2.40. The highest BCUT2D eigenvalue weighted by molar-refractivity contribution is 6.13. The largest absolute Gasteiger partial charge is 0.314 e. The van der Waals surface area contributed by atoms with Gasteiger partial charge in [0, 0.05) is 32.4 Å². The van der Waals surface area contributed by atoms with Gasteiger partial charge in [0.2, 0.25) is 5.91 Å². The first-order valence-corrected chi connectivity index (χ1v) is 7.37. The van der Waals surface area contributed by atoms with Crippen LogP contribution in [0.4, 0.5) is 0 Å². The molecule has 0 radical (unpaired) electrons. The predicted octanol–water partition coefficient (Wildman–Crippen LogP) is 0.0851. The zero-order chi connectivity index (χ0) is 14.6. The molecule has 0 unspecified atom stereocenters. The Balaban J connectivity index is 1.99. The molecule has 2 heterocycles. The first kappa shape index (κ1) is 15.2. The standard InChI is InChI=1S/C14H24N4O2/c1-3-14(4-2)12(19)5-8-17(13(14)20)11-16-18-9-6-15-7-10-18/h5,8,15-16H,3-4,6-7,9-11H2,1-2H3. The summed E-state index contributed by atoms with van der Waals surface area (Å²) in [4.78, 5) is 26.3. The van der Waals surface area contributed by atoms with Gasteiger partial charge in [-0.1, -0.05) is 13.8 Å². The van der Waals surface area contributed by atoms with Crippen LogP contribution in [0.5, 0.6) is 0 Å². The molecule has 2 rings (SSSR count). The summed E-state index contributed by atoms with van der Waals surface area (Å²) in [7, 11) is 0. The molecule has 0 spiro atoms. The average Bonchev–Trinajstić information content (AvgIpc) is 2.49. The van der Waals surface area contributed by atoms with E-state index < -0.39 is 5.41 Å². The van der Waals surface area contributed by atoms with Crippen molar-refractivity contribution >= 4 is 11.7 Å². The number of hydrogen-bond donors (Lipinski definition) is 2. The number of ketones is 1. The van der Waals surface area contributed by atoms with Gasteiger partial charge in [-0.2, -0.15) is 0 Å². The van der Waals surface area contributed by atoms with E-state index in [1.165, 1.54) is 6.08 Å². The molecule has 2 aliphatic rings. The molecule has 1 amide bonds. The highest BCUT2D eigenvalue weighted by Gasteiger charge is 2.45. The third-order valence-corrected chi connectivity index (χ3v) is 4.34. The van der Waals surface area contributed by atoms with Gasteiger partial charge in [0.25, 0.3) is 0 Å². The number of rotatable bonds is 5. The lowest BCUT2D eigenvalue weighted by atomic mass is 9.75. The molecule has 112 valence electrons. The fraction of sp³-hybridized carbons (Fsp3) is 0.714. The van der Waals surface area contributed by atoms with E-state index in [9.17, 15) is 9.59 Å². The van der Waals surface area contributed by atoms with Crippen molar-refractivity contribution in [1.82, 2.24) is 20.7 Å². The van der Waals surface area contributed by atoms with E-state index in [4.69, 9.17) is 0 Å². The van der Waals surface area contributed by atoms with Crippen LogP contribution in [-0.4, -0.2) is 54.4 Å². The molecule has 0 aromatic rings. The maximum atomic E-state index is 12.6. The fourth-order valence-corrected chi connectivity index (χ4v) is 2.79. The van der Waals surface area contributed by atoms with Crippen molar-refractivity contribution in [3.05, 3.63) is 12.3 Å². The van der Waals surface area contributed by atoms with E-state index in [-0.39, 0.29) is 11.7 Å². The van der Waals surface area contributed by atoms with E-state index >= 15 is 0 Å². The van der Waals surface area contributed by atoms with Crippen LogP contribution in [0.25, 0.3) is 0 Å².